The third-order valence-corrected chi connectivity index (χ3v) is 3.27. The van der Waals surface area contributed by atoms with Gasteiger partial charge in [-0.3, -0.25) is 9.69 Å². The van der Waals surface area contributed by atoms with Crippen LogP contribution in [0.1, 0.15) is 29.5 Å². The molecule has 0 aliphatic heterocycles. The maximum absolute atomic E-state index is 10.8. The van der Waals surface area contributed by atoms with Gasteiger partial charge in [0.15, 0.2) is 0 Å². The maximum atomic E-state index is 10.8. The van der Waals surface area contributed by atoms with Crippen LogP contribution in [-0.2, 0) is 11.3 Å². The Kier molecular flexibility index (Phi) is 3.48. The molecule has 0 atom stereocenters. The lowest BCUT2D eigenvalue weighted by Crippen LogP contribution is -2.31. The second-order valence-corrected chi connectivity index (χ2v) is 4.96. The van der Waals surface area contributed by atoms with Crippen LogP contribution in [0.3, 0.4) is 0 Å². The van der Waals surface area contributed by atoms with Crippen LogP contribution >= 0.6 is 0 Å². The molecular weight excluding hydrogens is 214 g/mol. The molecule has 0 saturated heterocycles. The first-order chi connectivity index (χ1) is 8.06. The number of carboxylic acids is 1. The summed E-state index contributed by atoms with van der Waals surface area (Å²) in [5.41, 5.74) is 3.74. The van der Waals surface area contributed by atoms with Crippen molar-refractivity contribution < 1.29 is 9.90 Å². The molecule has 3 nitrogen and oxygen atoms in total. The summed E-state index contributed by atoms with van der Waals surface area (Å²) in [6.07, 6.45) is 2.27. The van der Waals surface area contributed by atoms with Gasteiger partial charge in [0.1, 0.15) is 0 Å². The summed E-state index contributed by atoms with van der Waals surface area (Å²) in [6.45, 7) is 5.07. The number of aliphatic carboxylic acids is 1. The first kappa shape index (κ1) is 12.1. The summed E-state index contributed by atoms with van der Waals surface area (Å²) in [5.74, 6) is -0.735. The summed E-state index contributed by atoms with van der Waals surface area (Å²) in [6, 6.07) is 6.84. The first-order valence-electron chi connectivity index (χ1n) is 6.08. The zero-order valence-corrected chi connectivity index (χ0v) is 10.4. The van der Waals surface area contributed by atoms with E-state index in [-0.39, 0.29) is 6.54 Å². The Balaban J connectivity index is 2.08. The van der Waals surface area contributed by atoms with E-state index in [0.717, 1.165) is 19.4 Å². The van der Waals surface area contributed by atoms with Crippen molar-refractivity contribution in [2.45, 2.75) is 39.3 Å². The van der Waals surface area contributed by atoms with Gasteiger partial charge in [-0.05, 0) is 37.8 Å². The minimum Gasteiger partial charge on any atom is -0.480 e. The van der Waals surface area contributed by atoms with Crippen molar-refractivity contribution in [2.75, 3.05) is 6.54 Å². The van der Waals surface area contributed by atoms with Crippen molar-refractivity contribution in [3.8, 4) is 0 Å². The van der Waals surface area contributed by atoms with Crippen LogP contribution < -0.4 is 0 Å². The second kappa shape index (κ2) is 4.88. The Morgan fingerprint density at radius 2 is 2.12 bits per heavy atom. The van der Waals surface area contributed by atoms with E-state index < -0.39 is 5.97 Å². The zero-order valence-electron chi connectivity index (χ0n) is 10.4. The van der Waals surface area contributed by atoms with Crippen LogP contribution in [0.2, 0.25) is 0 Å². The average Bonchev–Trinajstić information content (AvgIpc) is 3.03. The van der Waals surface area contributed by atoms with Gasteiger partial charge in [-0.1, -0.05) is 23.8 Å². The van der Waals surface area contributed by atoms with E-state index in [9.17, 15) is 4.79 Å². The SMILES string of the molecule is Cc1ccc(CN(CC(=O)O)C2CC2)c(C)c1. The van der Waals surface area contributed by atoms with Crippen molar-refractivity contribution in [1.29, 1.82) is 0 Å². The van der Waals surface area contributed by atoms with Crippen LogP contribution in [0.4, 0.5) is 0 Å². The lowest BCUT2D eigenvalue weighted by Gasteiger charge is -2.21. The van der Waals surface area contributed by atoms with E-state index in [1.165, 1.54) is 16.7 Å². The van der Waals surface area contributed by atoms with E-state index >= 15 is 0 Å². The third-order valence-electron chi connectivity index (χ3n) is 3.27. The highest BCUT2D eigenvalue weighted by atomic mass is 16.4. The first-order valence-corrected chi connectivity index (χ1v) is 6.08. The number of benzene rings is 1. The highest BCUT2D eigenvalue weighted by Crippen LogP contribution is 2.28. The number of hydrogen-bond donors (Lipinski definition) is 1. The monoisotopic (exact) mass is 233 g/mol. The van der Waals surface area contributed by atoms with E-state index in [2.05, 4.69) is 36.9 Å². The second-order valence-electron chi connectivity index (χ2n) is 4.96. The van der Waals surface area contributed by atoms with Gasteiger partial charge in [-0.15, -0.1) is 0 Å². The molecule has 2 rings (SSSR count). The number of hydrogen-bond acceptors (Lipinski definition) is 2. The standard InChI is InChI=1S/C14H19NO2/c1-10-3-4-12(11(2)7-10)8-15(9-14(16)17)13-5-6-13/h3-4,7,13H,5-6,8-9H2,1-2H3,(H,16,17). The van der Waals surface area contributed by atoms with Gasteiger partial charge in [-0.2, -0.15) is 0 Å². The number of carbonyl (C=O) groups is 1. The molecule has 1 saturated carbocycles. The van der Waals surface area contributed by atoms with Crippen molar-refractivity contribution in [2.24, 2.45) is 0 Å². The van der Waals surface area contributed by atoms with Gasteiger partial charge < -0.3 is 5.11 Å². The molecule has 0 heterocycles. The Bertz CT molecular complexity index is 424. The molecule has 92 valence electrons. The van der Waals surface area contributed by atoms with E-state index in [1.54, 1.807) is 0 Å². The van der Waals surface area contributed by atoms with Gasteiger partial charge >= 0.3 is 5.97 Å². The largest absolute Gasteiger partial charge is 0.480 e. The van der Waals surface area contributed by atoms with Gasteiger partial charge in [0.05, 0.1) is 6.54 Å². The molecule has 17 heavy (non-hydrogen) atoms. The molecule has 0 spiro atoms. The lowest BCUT2D eigenvalue weighted by molar-refractivity contribution is -0.138. The fourth-order valence-corrected chi connectivity index (χ4v) is 2.17. The number of nitrogens with zero attached hydrogens (tertiary/aromatic N) is 1. The molecule has 0 unspecified atom stereocenters. The maximum Gasteiger partial charge on any atom is 0.317 e. The topological polar surface area (TPSA) is 40.5 Å². The number of rotatable bonds is 5. The molecule has 1 aromatic carbocycles. The van der Waals surface area contributed by atoms with Crippen LogP contribution in [0.15, 0.2) is 18.2 Å². The van der Waals surface area contributed by atoms with Crippen LogP contribution in [0.5, 0.6) is 0 Å². The molecule has 1 aromatic rings. The average molecular weight is 233 g/mol. The fourth-order valence-electron chi connectivity index (χ4n) is 2.17. The van der Waals surface area contributed by atoms with Gasteiger partial charge in [0.25, 0.3) is 0 Å². The predicted molar refractivity (Wildman–Crippen MR) is 67.0 cm³/mol. The predicted octanol–water partition coefficient (Wildman–Crippen LogP) is 2.35. The van der Waals surface area contributed by atoms with Crippen LogP contribution in [0.25, 0.3) is 0 Å². The Labute approximate surface area is 102 Å². The molecule has 1 aliphatic rings. The fraction of sp³-hybridized carbons (Fsp3) is 0.500. The Morgan fingerprint density at radius 1 is 1.41 bits per heavy atom. The van der Waals surface area contributed by atoms with Crippen molar-refractivity contribution in [3.05, 3.63) is 34.9 Å². The van der Waals surface area contributed by atoms with E-state index in [1.807, 2.05) is 0 Å². The molecule has 0 amide bonds. The molecular formula is C14H19NO2. The van der Waals surface area contributed by atoms with Crippen LogP contribution in [-0.4, -0.2) is 28.6 Å². The zero-order chi connectivity index (χ0) is 12.4. The molecule has 0 aromatic heterocycles. The highest BCUT2D eigenvalue weighted by Gasteiger charge is 2.30. The van der Waals surface area contributed by atoms with Crippen molar-refractivity contribution >= 4 is 5.97 Å². The number of carboxylic acid groups (broad SMARTS) is 1. The van der Waals surface area contributed by atoms with Gasteiger partial charge in [-0.25, -0.2) is 0 Å². The Morgan fingerprint density at radius 3 is 2.65 bits per heavy atom. The summed E-state index contributed by atoms with van der Waals surface area (Å²) in [5, 5.41) is 8.91. The summed E-state index contributed by atoms with van der Waals surface area (Å²) >= 11 is 0. The van der Waals surface area contributed by atoms with Crippen molar-refractivity contribution in [3.63, 3.8) is 0 Å². The van der Waals surface area contributed by atoms with Crippen molar-refractivity contribution in [1.82, 2.24) is 4.90 Å². The minimum absolute atomic E-state index is 0.151. The van der Waals surface area contributed by atoms with Crippen LogP contribution in [0, 0.1) is 13.8 Å². The van der Waals surface area contributed by atoms with Gasteiger partial charge in [0.2, 0.25) is 0 Å². The van der Waals surface area contributed by atoms with E-state index in [0.29, 0.717) is 6.04 Å². The third kappa shape index (κ3) is 3.30. The highest BCUT2D eigenvalue weighted by molar-refractivity contribution is 5.69. The molecule has 1 fully saturated rings. The van der Waals surface area contributed by atoms with E-state index in [4.69, 9.17) is 5.11 Å². The molecule has 1 N–H and O–H groups in total. The molecule has 1 aliphatic carbocycles. The summed E-state index contributed by atoms with van der Waals surface area (Å²) < 4.78 is 0. The summed E-state index contributed by atoms with van der Waals surface area (Å²) in [4.78, 5) is 12.9. The minimum atomic E-state index is -0.735. The van der Waals surface area contributed by atoms with Gasteiger partial charge in [0, 0.05) is 12.6 Å². The molecule has 0 radical (unpaired) electrons. The smallest absolute Gasteiger partial charge is 0.317 e. The quantitative estimate of drug-likeness (QED) is 0.848. The normalized spacial score (nSPS) is 15.2. The molecule has 3 heteroatoms. The number of aryl methyl sites for hydroxylation is 2. The Hall–Kier alpha value is -1.35. The lowest BCUT2D eigenvalue weighted by atomic mass is 10.1. The molecule has 0 bridgehead atoms. The summed E-state index contributed by atoms with van der Waals surface area (Å²) in [7, 11) is 0.